The fourth-order valence-corrected chi connectivity index (χ4v) is 3.01. The first-order valence-electron chi connectivity index (χ1n) is 7.61. The lowest BCUT2D eigenvalue weighted by molar-refractivity contribution is -0.133. The largest absolute Gasteiger partial charge is 0.362 e. The van der Waals surface area contributed by atoms with Crippen molar-refractivity contribution in [1.82, 2.24) is 9.80 Å². The smallest absolute Gasteiger partial charge is 0.271 e. The van der Waals surface area contributed by atoms with E-state index >= 15 is 0 Å². The van der Waals surface area contributed by atoms with E-state index in [0.717, 1.165) is 25.1 Å². The van der Waals surface area contributed by atoms with Gasteiger partial charge < -0.3 is 9.80 Å². The first kappa shape index (κ1) is 15.1. The summed E-state index contributed by atoms with van der Waals surface area (Å²) in [5.41, 5.74) is 1.97. The topological polar surface area (TPSA) is 23.6 Å². The molecule has 112 valence electrons. The number of hydrogen-bond donors (Lipinski definition) is 0. The maximum absolute atomic E-state index is 13.1. The summed E-state index contributed by atoms with van der Waals surface area (Å²) in [4.78, 5) is 17.3. The Morgan fingerprint density at radius 3 is 2.15 bits per heavy atom. The lowest BCUT2D eigenvalue weighted by Gasteiger charge is -2.44. The molecule has 0 fully saturated rings. The van der Waals surface area contributed by atoms with E-state index in [1.807, 2.05) is 4.90 Å². The van der Waals surface area contributed by atoms with Crippen LogP contribution in [-0.2, 0) is 4.79 Å². The predicted molar refractivity (Wildman–Crippen MR) is 83.3 cm³/mol. The highest BCUT2D eigenvalue weighted by atomic mass is 16.2. The molecule has 0 aromatic carbocycles. The molecule has 20 heavy (non-hydrogen) atoms. The Morgan fingerprint density at radius 1 is 1.00 bits per heavy atom. The Kier molecular flexibility index (Phi) is 3.74. The number of allylic oxidation sites excluding steroid dienone is 2. The molecule has 0 unspecified atom stereocenters. The van der Waals surface area contributed by atoms with Crippen LogP contribution in [0.25, 0.3) is 0 Å². The summed E-state index contributed by atoms with van der Waals surface area (Å²) in [6, 6.07) is 0. The van der Waals surface area contributed by atoms with Crippen LogP contribution in [0.15, 0.2) is 23.4 Å². The maximum Gasteiger partial charge on any atom is 0.271 e. The van der Waals surface area contributed by atoms with Crippen LogP contribution in [0.5, 0.6) is 0 Å². The Hall–Kier alpha value is -1.25. The van der Waals surface area contributed by atoms with Gasteiger partial charge in [0.2, 0.25) is 0 Å². The zero-order chi connectivity index (χ0) is 15.1. The van der Waals surface area contributed by atoms with Gasteiger partial charge in [-0.15, -0.1) is 0 Å². The number of carbonyl (C=O) groups is 1. The predicted octanol–water partition coefficient (Wildman–Crippen LogP) is 3.33. The molecule has 1 amide bonds. The molecule has 2 aliphatic heterocycles. The third-order valence-corrected chi connectivity index (χ3v) is 4.08. The first-order valence-corrected chi connectivity index (χ1v) is 7.61. The summed E-state index contributed by atoms with van der Waals surface area (Å²) in [6.45, 7) is 14.6. The van der Waals surface area contributed by atoms with E-state index in [2.05, 4.69) is 58.6 Å². The molecular weight excluding hydrogens is 248 g/mol. The van der Waals surface area contributed by atoms with Gasteiger partial charge in [-0.2, -0.15) is 0 Å². The zero-order valence-electron chi connectivity index (χ0n) is 13.8. The van der Waals surface area contributed by atoms with Crippen LogP contribution < -0.4 is 0 Å². The normalized spacial score (nSPS) is 21.2. The van der Waals surface area contributed by atoms with E-state index < -0.39 is 0 Å². The van der Waals surface area contributed by atoms with Gasteiger partial charge in [-0.1, -0.05) is 12.2 Å². The van der Waals surface area contributed by atoms with Crippen molar-refractivity contribution in [1.29, 1.82) is 0 Å². The van der Waals surface area contributed by atoms with E-state index in [-0.39, 0.29) is 17.0 Å². The lowest BCUT2D eigenvalue weighted by atomic mass is 9.94. The van der Waals surface area contributed by atoms with Crippen LogP contribution in [-0.4, -0.2) is 39.9 Å². The number of carbonyl (C=O) groups excluding carboxylic acids is 1. The summed E-state index contributed by atoms with van der Waals surface area (Å²) < 4.78 is 0. The van der Waals surface area contributed by atoms with E-state index in [4.69, 9.17) is 0 Å². The summed E-state index contributed by atoms with van der Waals surface area (Å²) in [6.07, 6.45) is 6.44. The SMILES string of the molecule is CC(C)(C)N1CC=CC2=C(C1=O)N(C(C)(C)C)CCC2. The first-order chi connectivity index (χ1) is 9.12. The van der Waals surface area contributed by atoms with Crippen molar-refractivity contribution in [2.24, 2.45) is 0 Å². The molecule has 0 aromatic rings. The van der Waals surface area contributed by atoms with Gasteiger partial charge in [-0.05, 0) is 60.0 Å². The van der Waals surface area contributed by atoms with Crippen LogP contribution in [0, 0.1) is 0 Å². The zero-order valence-corrected chi connectivity index (χ0v) is 13.8. The Bertz CT molecular complexity index is 460. The summed E-state index contributed by atoms with van der Waals surface area (Å²) >= 11 is 0. The second kappa shape index (κ2) is 4.94. The molecule has 0 N–H and O–H groups in total. The van der Waals surface area contributed by atoms with Crippen molar-refractivity contribution < 1.29 is 4.79 Å². The van der Waals surface area contributed by atoms with Crippen LogP contribution in [0.4, 0.5) is 0 Å². The molecule has 0 bridgehead atoms. The molecule has 2 aliphatic rings. The highest BCUT2D eigenvalue weighted by Crippen LogP contribution is 2.33. The van der Waals surface area contributed by atoms with Gasteiger partial charge in [0.25, 0.3) is 5.91 Å². The quantitative estimate of drug-likeness (QED) is 0.677. The highest BCUT2D eigenvalue weighted by Gasteiger charge is 2.37. The van der Waals surface area contributed by atoms with Crippen molar-refractivity contribution in [3.8, 4) is 0 Å². The van der Waals surface area contributed by atoms with Crippen LogP contribution in [0.2, 0.25) is 0 Å². The van der Waals surface area contributed by atoms with E-state index in [9.17, 15) is 4.79 Å². The number of hydrogen-bond acceptors (Lipinski definition) is 2. The van der Waals surface area contributed by atoms with Crippen molar-refractivity contribution in [3.63, 3.8) is 0 Å². The third kappa shape index (κ3) is 2.77. The Balaban J connectivity index is 2.47. The van der Waals surface area contributed by atoms with Crippen molar-refractivity contribution in [2.75, 3.05) is 13.1 Å². The summed E-state index contributed by atoms with van der Waals surface area (Å²) in [5.74, 6) is 0.187. The van der Waals surface area contributed by atoms with Crippen LogP contribution >= 0.6 is 0 Å². The van der Waals surface area contributed by atoms with E-state index in [0.29, 0.717) is 6.54 Å². The molecular formula is C17H28N2O. The number of amides is 1. The molecule has 0 atom stereocenters. The third-order valence-electron chi connectivity index (χ3n) is 4.08. The Morgan fingerprint density at radius 2 is 1.60 bits per heavy atom. The average molecular weight is 276 g/mol. The molecule has 0 saturated carbocycles. The van der Waals surface area contributed by atoms with Gasteiger partial charge in [0.1, 0.15) is 5.70 Å². The molecule has 2 rings (SSSR count). The van der Waals surface area contributed by atoms with Gasteiger partial charge in [-0.3, -0.25) is 4.79 Å². The average Bonchev–Trinajstić information content (AvgIpc) is 2.47. The van der Waals surface area contributed by atoms with Crippen molar-refractivity contribution in [2.45, 2.75) is 65.5 Å². The molecule has 3 nitrogen and oxygen atoms in total. The molecule has 3 heteroatoms. The molecule has 0 saturated heterocycles. The van der Waals surface area contributed by atoms with Gasteiger partial charge in [-0.25, -0.2) is 0 Å². The van der Waals surface area contributed by atoms with Gasteiger partial charge in [0.05, 0.1) is 0 Å². The standard InChI is InChI=1S/C17H28N2O/c1-16(2,3)18-11-7-9-13-10-8-12-19(17(4,5)6)15(20)14(13)18/h8,10H,7,9,11-12H2,1-6H3. The molecule has 0 spiro atoms. The van der Waals surface area contributed by atoms with Gasteiger partial charge in [0.15, 0.2) is 0 Å². The molecule has 0 aromatic heterocycles. The minimum absolute atomic E-state index is 0.0155. The maximum atomic E-state index is 13.1. The van der Waals surface area contributed by atoms with Crippen LogP contribution in [0.3, 0.4) is 0 Å². The lowest BCUT2D eigenvalue weighted by Crippen LogP contribution is -2.52. The van der Waals surface area contributed by atoms with Crippen molar-refractivity contribution in [3.05, 3.63) is 23.4 Å². The number of nitrogens with zero attached hydrogens (tertiary/aromatic N) is 2. The van der Waals surface area contributed by atoms with Gasteiger partial charge in [0, 0.05) is 24.2 Å². The summed E-state index contributed by atoms with van der Waals surface area (Å²) in [7, 11) is 0. The van der Waals surface area contributed by atoms with Crippen LogP contribution in [0.1, 0.15) is 54.4 Å². The molecule has 0 aliphatic carbocycles. The molecule has 2 heterocycles. The van der Waals surface area contributed by atoms with E-state index in [1.165, 1.54) is 5.57 Å². The number of rotatable bonds is 0. The monoisotopic (exact) mass is 276 g/mol. The Labute approximate surface area is 123 Å². The minimum Gasteiger partial charge on any atom is -0.362 e. The van der Waals surface area contributed by atoms with Gasteiger partial charge >= 0.3 is 0 Å². The second-order valence-electron chi connectivity index (χ2n) is 7.79. The minimum atomic E-state index is -0.148. The second-order valence-corrected chi connectivity index (χ2v) is 7.79. The van der Waals surface area contributed by atoms with Crippen molar-refractivity contribution >= 4 is 5.91 Å². The molecule has 0 radical (unpaired) electrons. The fraction of sp³-hybridized carbons (Fsp3) is 0.706. The summed E-state index contributed by atoms with van der Waals surface area (Å²) in [5, 5.41) is 0. The van der Waals surface area contributed by atoms with E-state index in [1.54, 1.807) is 0 Å². The fourth-order valence-electron chi connectivity index (χ4n) is 3.01. The highest BCUT2D eigenvalue weighted by molar-refractivity contribution is 5.95.